The van der Waals surface area contributed by atoms with Crippen LogP contribution in [0.1, 0.15) is 11.1 Å². The molecule has 3 aromatic carbocycles. The smallest absolute Gasteiger partial charge is 0.342 e. The number of aryl methyl sites for hydroxylation is 2. The first-order chi connectivity index (χ1) is 17.9. The summed E-state index contributed by atoms with van der Waals surface area (Å²) >= 11 is 0. The van der Waals surface area contributed by atoms with Gasteiger partial charge >= 0.3 is 5.69 Å². The van der Waals surface area contributed by atoms with Crippen LogP contribution < -0.4 is 21.6 Å². The summed E-state index contributed by atoms with van der Waals surface area (Å²) in [5.41, 5.74) is 1.85. The zero-order valence-electron chi connectivity index (χ0n) is 20.3. The van der Waals surface area contributed by atoms with Gasteiger partial charge in [0.1, 0.15) is 5.75 Å². The van der Waals surface area contributed by atoms with Crippen LogP contribution in [-0.4, -0.2) is 31.0 Å². The lowest BCUT2D eigenvalue weighted by molar-refractivity contribution is 0.414. The van der Waals surface area contributed by atoms with Crippen molar-refractivity contribution in [3.05, 3.63) is 110 Å². The average molecular weight is 492 g/mol. The number of benzene rings is 3. The molecule has 0 aliphatic carbocycles. The minimum absolute atomic E-state index is 0.0133. The maximum atomic E-state index is 13.8. The molecular weight excluding hydrogens is 470 g/mol. The molecule has 10 nitrogen and oxygen atoms in total. The molecule has 0 atom stereocenters. The Balaban J connectivity index is 1.96. The lowest BCUT2D eigenvalue weighted by Gasteiger charge is -2.15. The lowest BCUT2D eigenvalue weighted by atomic mass is 10.1. The van der Waals surface area contributed by atoms with Crippen LogP contribution in [0.3, 0.4) is 0 Å². The molecule has 2 aromatic heterocycles. The summed E-state index contributed by atoms with van der Waals surface area (Å²) in [6, 6.07) is 21.0. The molecule has 0 aliphatic rings. The van der Waals surface area contributed by atoms with E-state index in [9.17, 15) is 14.9 Å². The van der Waals surface area contributed by atoms with Crippen LogP contribution in [0.2, 0.25) is 0 Å². The Morgan fingerprint density at radius 3 is 2.14 bits per heavy atom. The topological polar surface area (TPSA) is 120 Å². The SMILES string of the molecule is COc1ccc(-n2c(=O)c3nn(-c4cc(C)cc(C)c4)c(=NC#N)nc3n(-c3ccccc3)c2=O)cc1. The zero-order chi connectivity index (χ0) is 26.1. The fourth-order valence-corrected chi connectivity index (χ4v) is 4.19. The predicted molar refractivity (Wildman–Crippen MR) is 137 cm³/mol. The van der Waals surface area contributed by atoms with Crippen LogP contribution in [0.15, 0.2) is 87.4 Å². The van der Waals surface area contributed by atoms with E-state index in [-0.39, 0.29) is 16.8 Å². The van der Waals surface area contributed by atoms with Crippen molar-refractivity contribution < 1.29 is 4.74 Å². The van der Waals surface area contributed by atoms with Crippen LogP contribution >= 0.6 is 0 Å². The molecule has 2 heterocycles. The monoisotopic (exact) mass is 491 g/mol. The Morgan fingerprint density at radius 1 is 0.865 bits per heavy atom. The highest BCUT2D eigenvalue weighted by atomic mass is 16.5. The second-order valence-corrected chi connectivity index (χ2v) is 8.35. The van der Waals surface area contributed by atoms with Gasteiger partial charge in [0.25, 0.3) is 11.2 Å². The van der Waals surface area contributed by atoms with Crippen molar-refractivity contribution in [1.29, 1.82) is 5.26 Å². The first kappa shape index (κ1) is 23.4. The number of fused-ring (bicyclic) bond motifs is 1. The summed E-state index contributed by atoms with van der Waals surface area (Å²) in [4.78, 5) is 35.9. The van der Waals surface area contributed by atoms with Gasteiger partial charge in [0.15, 0.2) is 11.2 Å². The average Bonchev–Trinajstić information content (AvgIpc) is 2.89. The van der Waals surface area contributed by atoms with Gasteiger partial charge in [0.05, 0.1) is 24.2 Å². The van der Waals surface area contributed by atoms with Crippen LogP contribution in [0.25, 0.3) is 28.2 Å². The van der Waals surface area contributed by atoms with E-state index >= 15 is 0 Å². The van der Waals surface area contributed by atoms with Crippen molar-refractivity contribution in [2.45, 2.75) is 13.8 Å². The molecule has 5 rings (SSSR count). The number of nitriles is 1. The minimum Gasteiger partial charge on any atom is -0.497 e. The van der Waals surface area contributed by atoms with E-state index < -0.39 is 11.2 Å². The van der Waals surface area contributed by atoms with E-state index in [1.807, 2.05) is 38.1 Å². The predicted octanol–water partition coefficient (Wildman–Crippen LogP) is 2.73. The Labute approximate surface area is 210 Å². The first-order valence-corrected chi connectivity index (χ1v) is 11.3. The van der Waals surface area contributed by atoms with E-state index in [1.165, 1.54) is 16.4 Å². The molecule has 0 amide bonds. The van der Waals surface area contributed by atoms with E-state index in [4.69, 9.17) is 4.74 Å². The van der Waals surface area contributed by atoms with E-state index in [0.717, 1.165) is 15.7 Å². The summed E-state index contributed by atoms with van der Waals surface area (Å²) in [7, 11) is 1.53. The Kier molecular flexibility index (Phi) is 5.95. The molecule has 182 valence electrons. The quantitative estimate of drug-likeness (QED) is 0.357. The summed E-state index contributed by atoms with van der Waals surface area (Å²) in [5.74, 6) is 0.580. The summed E-state index contributed by atoms with van der Waals surface area (Å²) in [6.07, 6.45) is 1.74. The largest absolute Gasteiger partial charge is 0.497 e. The second kappa shape index (κ2) is 9.39. The van der Waals surface area contributed by atoms with Crippen molar-refractivity contribution in [2.75, 3.05) is 7.11 Å². The fourth-order valence-electron chi connectivity index (χ4n) is 4.19. The van der Waals surface area contributed by atoms with Gasteiger partial charge in [-0.25, -0.2) is 13.9 Å². The van der Waals surface area contributed by atoms with Gasteiger partial charge < -0.3 is 4.74 Å². The number of ether oxygens (including phenoxy) is 1. The number of nitrogens with zero attached hydrogens (tertiary/aromatic N) is 7. The molecular formula is C27H21N7O3. The van der Waals surface area contributed by atoms with Crippen molar-refractivity contribution in [3.8, 4) is 29.0 Å². The minimum atomic E-state index is -0.661. The third-order valence-electron chi connectivity index (χ3n) is 5.75. The molecule has 0 saturated carbocycles. The maximum Gasteiger partial charge on any atom is 0.342 e. The van der Waals surface area contributed by atoms with Crippen molar-refractivity contribution in [3.63, 3.8) is 0 Å². The summed E-state index contributed by atoms with van der Waals surface area (Å²) < 4.78 is 8.88. The number of methoxy groups -OCH3 is 1. The number of rotatable bonds is 4. The molecule has 0 spiro atoms. The van der Waals surface area contributed by atoms with Gasteiger partial charge in [-0.2, -0.15) is 20.0 Å². The number of hydrogen-bond acceptors (Lipinski definition) is 7. The highest BCUT2D eigenvalue weighted by Gasteiger charge is 2.20. The van der Waals surface area contributed by atoms with E-state index in [1.54, 1.807) is 54.7 Å². The molecule has 0 aliphatic heterocycles. The van der Waals surface area contributed by atoms with Gasteiger partial charge in [-0.1, -0.05) is 24.3 Å². The number of para-hydroxylation sites is 1. The van der Waals surface area contributed by atoms with E-state index in [0.29, 0.717) is 22.8 Å². The van der Waals surface area contributed by atoms with Crippen molar-refractivity contribution in [1.82, 2.24) is 23.9 Å². The summed E-state index contributed by atoms with van der Waals surface area (Å²) in [6.45, 7) is 3.85. The molecule has 10 heteroatoms. The van der Waals surface area contributed by atoms with Crippen molar-refractivity contribution >= 4 is 11.2 Å². The van der Waals surface area contributed by atoms with Crippen LogP contribution in [0.5, 0.6) is 5.75 Å². The molecule has 0 saturated heterocycles. The molecule has 0 fully saturated rings. The third kappa shape index (κ3) is 4.19. The van der Waals surface area contributed by atoms with Crippen molar-refractivity contribution in [2.24, 2.45) is 4.99 Å². The Bertz CT molecular complexity index is 1860. The number of hydrogen-bond donors (Lipinski definition) is 0. The van der Waals surface area contributed by atoms with Crippen LogP contribution in [-0.2, 0) is 0 Å². The molecule has 0 N–H and O–H groups in total. The number of aromatic nitrogens is 5. The Hall–Kier alpha value is -5.30. The van der Waals surface area contributed by atoms with E-state index in [2.05, 4.69) is 15.1 Å². The van der Waals surface area contributed by atoms with Crippen LogP contribution in [0, 0.1) is 25.3 Å². The zero-order valence-corrected chi connectivity index (χ0v) is 20.3. The molecule has 5 aromatic rings. The van der Waals surface area contributed by atoms with Gasteiger partial charge in [-0.05, 0) is 73.5 Å². The normalized spacial score (nSPS) is 11.5. The second-order valence-electron chi connectivity index (χ2n) is 8.35. The van der Waals surface area contributed by atoms with Gasteiger partial charge in [0.2, 0.25) is 6.19 Å². The first-order valence-electron chi connectivity index (χ1n) is 11.3. The maximum absolute atomic E-state index is 13.8. The molecule has 0 bridgehead atoms. The molecule has 37 heavy (non-hydrogen) atoms. The Morgan fingerprint density at radius 2 is 1.51 bits per heavy atom. The van der Waals surface area contributed by atoms with Gasteiger partial charge in [-0.3, -0.25) is 4.79 Å². The summed E-state index contributed by atoms with van der Waals surface area (Å²) in [5, 5.41) is 13.9. The molecule has 0 radical (unpaired) electrons. The highest BCUT2D eigenvalue weighted by molar-refractivity contribution is 5.71. The van der Waals surface area contributed by atoms with Crippen LogP contribution in [0.4, 0.5) is 0 Å². The fraction of sp³-hybridized carbons (Fsp3) is 0.111. The molecule has 0 unspecified atom stereocenters. The lowest BCUT2D eigenvalue weighted by Crippen LogP contribution is -2.41. The standard InChI is InChI=1S/C27H21N7O3/c1-17-13-18(2)15-21(14-17)34-26(29-16-28)30-24-23(31-34)25(35)33(20-9-11-22(37-3)12-10-20)27(36)32(24)19-7-5-4-6-8-19/h4-15H,1-3H3. The van der Waals surface area contributed by atoms with Gasteiger partial charge in [0, 0.05) is 0 Å². The third-order valence-corrected chi connectivity index (χ3v) is 5.75. The van der Waals surface area contributed by atoms with Gasteiger partial charge in [-0.15, -0.1) is 4.99 Å². The highest BCUT2D eigenvalue weighted by Crippen LogP contribution is 2.16.